The Hall–Kier alpha value is -3.62. The average molecular weight is 349 g/mol. The lowest BCUT2D eigenvalue weighted by Gasteiger charge is -2.05. The van der Waals surface area contributed by atoms with Crippen LogP contribution in [0.15, 0.2) is 46.1 Å². The number of nitrogens with zero attached hydrogens (tertiary/aromatic N) is 6. The molecule has 0 spiro atoms. The second kappa shape index (κ2) is 6.03. The molecule has 0 fully saturated rings. The van der Waals surface area contributed by atoms with Gasteiger partial charge in [0.2, 0.25) is 5.82 Å². The molecule has 130 valence electrons. The van der Waals surface area contributed by atoms with E-state index in [1.807, 2.05) is 36.7 Å². The number of aromatic nitrogens is 5. The van der Waals surface area contributed by atoms with Crippen molar-refractivity contribution in [2.45, 2.75) is 19.9 Å². The maximum Gasteiger partial charge on any atom is 0.258 e. The Morgan fingerprint density at radius 2 is 2.12 bits per heavy atom. The number of allylic oxidation sites excluding steroid dienone is 4. The molecule has 0 aliphatic heterocycles. The zero-order valence-corrected chi connectivity index (χ0v) is 14.1. The van der Waals surface area contributed by atoms with E-state index in [2.05, 4.69) is 25.6 Å². The van der Waals surface area contributed by atoms with Gasteiger partial charge in [-0.1, -0.05) is 15.5 Å². The van der Waals surface area contributed by atoms with Crippen LogP contribution in [0.3, 0.4) is 0 Å². The lowest BCUT2D eigenvalue weighted by molar-refractivity contribution is 0.320. The van der Waals surface area contributed by atoms with Crippen LogP contribution in [0.2, 0.25) is 0 Å². The molecule has 1 aliphatic carbocycles. The highest BCUT2D eigenvalue weighted by molar-refractivity contribution is 6.51. The largest absolute Gasteiger partial charge is 0.410 e. The number of hydrogen-bond donors (Lipinski definition) is 2. The molecule has 0 saturated carbocycles. The molecular formula is C17H15N7O2. The molecule has 1 aliphatic rings. The summed E-state index contributed by atoms with van der Waals surface area (Å²) in [5.74, 6) is 0.689. The van der Waals surface area contributed by atoms with E-state index >= 15 is 0 Å². The average Bonchev–Trinajstić information content (AvgIpc) is 3.28. The van der Waals surface area contributed by atoms with Crippen molar-refractivity contribution in [2.24, 2.45) is 5.16 Å². The summed E-state index contributed by atoms with van der Waals surface area (Å²) in [5.41, 5.74) is 3.26. The van der Waals surface area contributed by atoms with E-state index in [0.29, 0.717) is 17.3 Å². The molecule has 2 N–H and O–H groups in total. The van der Waals surface area contributed by atoms with Gasteiger partial charge in [-0.05, 0) is 50.3 Å². The van der Waals surface area contributed by atoms with Crippen molar-refractivity contribution in [2.75, 3.05) is 0 Å². The van der Waals surface area contributed by atoms with E-state index in [-0.39, 0.29) is 17.5 Å². The van der Waals surface area contributed by atoms with Crippen molar-refractivity contribution in [3.05, 3.63) is 42.3 Å². The summed E-state index contributed by atoms with van der Waals surface area (Å²) in [6, 6.07) is 5.86. The molecule has 9 heteroatoms. The third-order valence-electron chi connectivity index (χ3n) is 4.00. The number of rotatable bonds is 3. The van der Waals surface area contributed by atoms with Gasteiger partial charge in [0.1, 0.15) is 11.2 Å². The minimum Gasteiger partial charge on any atom is -0.410 e. The monoisotopic (exact) mass is 349 g/mol. The summed E-state index contributed by atoms with van der Waals surface area (Å²) in [4.78, 5) is 4.39. The molecule has 0 radical (unpaired) electrons. The zero-order chi connectivity index (χ0) is 18.3. The first-order valence-electron chi connectivity index (χ1n) is 7.97. The maximum absolute atomic E-state index is 8.94. The molecule has 0 bridgehead atoms. The van der Waals surface area contributed by atoms with Crippen LogP contribution in [0.4, 0.5) is 0 Å². The van der Waals surface area contributed by atoms with Gasteiger partial charge in [0.05, 0.1) is 11.2 Å². The van der Waals surface area contributed by atoms with Gasteiger partial charge in [0.25, 0.3) is 5.89 Å². The second-order valence-electron chi connectivity index (χ2n) is 6.09. The molecule has 1 aromatic carbocycles. The van der Waals surface area contributed by atoms with E-state index < -0.39 is 0 Å². The fraction of sp³-hybridized carbons (Fsp3) is 0.176. The van der Waals surface area contributed by atoms with Crippen LogP contribution >= 0.6 is 0 Å². The summed E-state index contributed by atoms with van der Waals surface area (Å²) in [6.45, 7) is 4.09. The van der Waals surface area contributed by atoms with Gasteiger partial charge in [-0.3, -0.25) is 5.41 Å². The van der Waals surface area contributed by atoms with Gasteiger partial charge in [-0.15, -0.1) is 5.10 Å². The van der Waals surface area contributed by atoms with Gasteiger partial charge in [0.15, 0.2) is 0 Å². The highest BCUT2D eigenvalue weighted by Gasteiger charge is 2.17. The fourth-order valence-corrected chi connectivity index (χ4v) is 2.67. The molecule has 4 rings (SSSR count). The minimum absolute atomic E-state index is 0.110. The Bertz CT molecular complexity index is 1100. The van der Waals surface area contributed by atoms with Crippen LogP contribution in [0.25, 0.3) is 28.1 Å². The van der Waals surface area contributed by atoms with E-state index in [0.717, 1.165) is 16.6 Å². The minimum atomic E-state index is 0.110. The molecule has 0 unspecified atom stereocenters. The van der Waals surface area contributed by atoms with Crippen LogP contribution in [-0.4, -0.2) is 41.8 Å². The Labute approximate surface area is 147 Å². The number of nitrogens with one attached hydrogen (secondary N) is 1. The first-order valence-corrected chi connectivity index (χ1v) is 7.97. The van der Waals surface area contributed by atoms with E-state index in [9.17, 15) is 0 Å². The van der Waals surface area contributed by atoms with E-state index in [4.69, 9.17) is 15.1 Å². The first kappa shape index (κ1) is 15.9. The summed E-state index contributed by atoms with van der Waals surface area (Å²) in [5, 5.41) is 32.0. The predicted octanol–water partition coefficient (Wildman–Crippen LogP) is 2.87. The van der Waals surface area contributed by atoms with Crippen LogP contribution in [0.5, 0.6) is 0 Å². The summed E-state index contributed by atoms with van der Waals surface area (Å²) < 4.78 is 7.20. The number of benzene rings is 1. The molecule has 0 atom stereocenters. The smallest absolute Gasteiger partial charge is 0.258 e. The van der Waals surface area contributed by atoms with Gasteiger partial charge >= 0.3 is 0 Å². The molecule has 0 amide bonds. The van der Waals surface area contributed by atoms with E-state index in [1.54, 1.807) is 6.08 Å². The highest BCUT2D eigenvalue weighted by atomic mass is 16.5. The third-order valence-corrected chi connectivity index (χ3v) is 4.00. The summed E-state index contributed by atoms with van der Waals surface area (Å²) >= 11 is 0. The Morgan fingerprint density at radius 1 is 1.27 bits per heavy atom. The normalized spacial score (nSPS) is 16.0. The van der Waals surface area contributed by atoms with Crippen LogP contribution in [0, 0.1) is 5.41 Å². The van der Waals surface area contributed by atoms with E-state index in [1.165, 1.54) is 12.2 Å². The Kier molecular flexibility index (Phi) is 3.68. The molecule has 2 heterocycles. The van der Waals surface area contributed by atoms with Gasteiger partial charge in [0, 0.05) is 17.2 Å². The molecule has 3 aromatic rings. The predicted molar refractivity (Wildman–Crippen MR) is 95.3 cm³/mol. The second-order valence-corrected chi connectivity index (χ2v) is 6.09. The molecular weight excluding hydrogens is 334 g/mol. The van der Waals surface area contributed by atoms with Gasteiger partial charge < -0.3 is 9.73 Å². The molecule has 2 aromatic heterocycles. The lowest BCUT2D eigenvalue weighted by atomic mass is 10.0. The lowest BCUT2D eigenvalue weighted by Crippen LogP contribution is -2.11. The van der Waals surface area contributed by atoms with Crippen molar-refractivity contribution in [3.63, 3.8) is 0 Å². The van der Waals surface area contributed by atoms with Crippen molar-refractivity contribution >= 4 is 28.0 Å². The van der Waals surface area contributed by atoms with Gasteiger partial charge in [-0.25, -0.2) is 4.68 Å². The van der Waals surface area contributed by atoms with Crippen molar-refractivity contribution in [1.82, 2.24) is 25.1 Å². The topological polar surface area (TPSA) is 126 Å². The Morgan fingerprint density at radius 3 is 2.88 bits per heavy atom. The van der Waals surface area contributed by atoms with Crippen molar-refractivity contribution in [1.29, 1.82) is 5.41 Å². The number of oxime groups is 1. The fourth-order valence-electron chi connectivity index (χ4n) is 2.67. The number of hydrogen-bond acceptors (Lipinski definition) is 8. The Balaban J connectivity index is 1.69. The zero-order valence-electron chi connectivity index (χ0n) is 14.1. The number of fused-ring (bicyclic) bond motifs is 1. The van der Waals surface area contributed by atoms with Gasteiger partial charge in [-0.2, -0.15) is 4.98 Å². The highest BCUT2D eigenvalue weighted by Crippen LogP contribution is 2.25. The molecule has 0 saturated heterocycles. The first-order chi connectivity index (χ1) is 12.6. The SMILES string of the molecule is CC(C)n1nnc2cc(-c3nc(C4=C/C(=N/O)C(=N)C=C4)no3)ccc21. The molecule has 26 heavy (non-hydrogen) atoms. The van der Waals surface area contributed by atoms with Crippen LogP contribution in [0.1, 0.15) is 25.7 Å². The standard InChI is InChI=1S/C17H15N7O2/c1-9(2)24-15-6-4-11(8-14(15)20-23-24)17-19-16(22-26-17)10-3-5-12(18)13(7-10)21-25/h3-9,18,25H,1-2H3/b18-12?,21-13-. The molecule has 9 nitrogen and oxygen atoms in total. The quantitative estimate of drug-likeness (QED) is 0.425. The third kappa shape index (κ3) is 2.59. The van der Waals surface area contributed by atoms with Crippen molar-refractivity contribution < 1.29 is 9.73 Å². The van der Waals surface area contributed by atoms with Crippen LogP contribution < -0.4 is 0 Å². The maximum atomic E-state index is 8.94. The summed E-state index contributed by atoms with van der Waals surface area (Å²) in [7, 11) is 0. The summed E-state index contributed by atoms with van der Waals surface area (Å²) in [6.07, 6.45) is 4.70. The van der Waals surface area contributed by atoms with Crippen molar-refractivity contribution in [3.8, 4) is 11.5 Å². The van der Waals surface area contributed by atoms with Crippen LogP contribution in [-0.2, 0) is 0 Å².